The maximum atomic E-state index is 5.35. The average Bonchev–Trinajstić information content (AvgIpc) is 2.88. The van der Waals surface area contributed by atoms with Gasteiger partial charge in [-0.15, -0.1) is 0 Å². The SMILES string of the molecule is CNc1ncc2c(n1)CCCC=C2c1cccc(-c2c(C)noc2C)c1. The van der Waals surface area contributed by atoms with Crippen molar-refractivity contribution < 1.29 is 4.52 Å². The number of aromatic nitrogens is 3. The molecule has 5 nitrogen and oxygen atoms in total. The summed E-state index contributed by atoms with van der Waals surface area (Å²) in [6.45, 7) is 3.93. The third kappa shape index (κ3) is 2.90. The summed E-state index contributed by atoms with van der Waals surface area (Å²) in [5.74, 6) is 1.52. The Morgan fingerprint density at radius 2 is 2.00 bits per heavy atom. The monoisotopic (exact) mass is 346 g/mol. The van der Waals surface area contributed by atoms with E-state index in [2.05, 4.69) is 50.8 Å². The van der Waals surface area contributed by atoms with Crippen molar-refractivity contribution in [2.75, 3.05) is 12.4 Å². The standard InChI is InChI=1S/C21H22N4O/c1-13-20(14(2)26-25-13)16-8-6-7-15(11-16)17-9-4-5-10-19-18(17)12-23-21(22-3)24-19/h6-9,11-12H,4-5,10H2,1-3H3,(H,22,23,24). The van der Waals surface area contributed by atoms with Crippen LogP contribution in [-0.4, -0.2) is 22.2 Å². The lowest BCUT2D eigenvalue weighted by Crippen LogP contribution is -2.03. The van der Waals surface area contributed by atoms with Crippen LogP contribution in [0.4, 0.5) is 5.95 Å². The highest BCUT2D eigenvalue weighted by atomic mass is 16.5. The highest BCUT2D eigenvalue weighted by Gasteiger charge is 2.17. The predicted molar refractivity (Wildman–Crippen MR) is 103 cm³/mol. The van der Waals surface area contributed by atoms with Gasteiger partial charge in [0.2, 0.25) is 5.95 Å². The molecule has 2 heterocycles. The van der Waals surface area contributed by atoms with Gasteiger partial charge in [0.15, 0.2) is 0 Å². The average molecular weight is 346 g/mol. The fraction of sp³-hybridized carbons (Fsp3) is 0.286. The predicted octanol–water partition coefficient (Wildman–Crippen LogP) is 4.56. The molecule has 0 radical (unpaired) electrons. The zero-order chi connectivity index (χ0) is 18.1. The van der Waals surface area contributed by atoms with E-state index < -0.39 is 0 Å². The minimum Gasteiger partial charge on any atom is -0.361 e. The van der Waals surface area contributed by atoms with E-state index in [1.165, 1.54) is 11.1 Å². The van der Waals surface area contributed by atoms with Gasteiger partial charge in [-0.1, -0.05) is 29.4 Å². The number of rotatable bonds is 3. The van der Waals surface area contributed by atoms with E-state index >= 15 is 0 Å². The lowest BCUT2D eigenvalue weighted by Gasteiger charge is -2.12. The second kappa shape index (κ2) is 6.75. The van der Waals surface area contributed by atoms with Gasteiger partial charge in [0, 0.05) is 24.4 Å². The number of hydrogen-bond acceptors (Lipinski definition) is 5. The number of hydrogen-bond donors (Lipinski definition) is 1. The highest BCUT2D eigenvalue weighted by molar-refractivity contribution is 5.83. The molecule has 1 aliphatic rings. The largest absolute Gasteiger partial charge is 0.361 e. The lowest BCUT2D eigenvalue weighted by molar-refractivity contribution is 0.393. The van der Waals surface area contributed by atoms with Crippen molar-refractivity contribution in [3.63, 3.8) is 0 Å². The second-order valence-corrected chi connectivity index (χ2v) is 6.59. The van der Waals surface area contributed by atoms with Crippen molar-refractivity contribution in [2.24, 2.45) is 0 Å². The summed E-state index contributed by atoms with van der Waals surface area (Å²) in [4.78, 5) is 9.12. The molecule has 132 valence electrons. The Kier molecular flexibility index (Phi) is 4.29. The molecule has 3 aromatic rings. The number of nitrogens with zero attached hydrogens (tertiary/aromatic N) is 3. The van der Waals surface area contributed by atoms with E-state index in [4.69, 9.17) is 4.52 Å². The summed E-state index contributed by atoms with van der Waals surface area (Å²) >= 11 is 0. The van der Waals surface area contributed by atoms with Crippen molar-refractivity contribution in [3.05, 3.63) is 64.8 Å². The van der Waals surface area contributed by atoms with Crippen LogP contribution in [-0.2, 0) is 6.42 Å². The molecule has 0 fully saturated rings. The van der Waals surface area contributed by atoms with Gasteiger partial charge in [-0.05, 0) is 55.9 Å². The van der Waals surface area contributed by atoms with Crippen LogP contribution in [0, 0.1) is 13.8 Å². The fourth-order valence-electron chi connectivity index (χ4n) is 3.59. The summed E-state index contributed by atoms with van der Waals surface area (Å²) in [7, 11) is 1.85. The molecule has 1 aromatic carbocycles. The Morgan fingerprint density at radius 3 is 2.77 bits per heavy atom. The van der Waals surface area contributed by atoms with Gasteiger partial charge in [-0.3, -0.25) is 0 Å². The topological polar surface area (TPSA) is 63.8 Å². The van der Waals surface area contributed by atoms with Crippen LogP contribution in [0.25, 0.3) is 16.7 Å². The number of benzene rings is 1. The molecule has 1 N–H and O–H groups in total. The minimum atomic E-state index is 0.675. The number of anilines is 1. The molecular formula is C21H22N4O. The van der Waals surface area contributed by atoms with Crippen LogP contribution in [0.15, 0.2) is 41.1 Å². The summed E-state index contributed by atoms with van der Waals surface area (Å²) in [6.07, 6.45) is 7.35. The first-order valence-corrected chi connectivity index (χ1v) is 8.95. The number of aryl methyl sites for hydroxylation is 3. The third-order valence-electron chi connectivity index (χ3n) is 4.84. The Bertz CT molecular complexity index is 968. The highest BCUT2D eigenvalue weighted by Crippen LogP contribution is 2.34. The Balaban J connectivity index is 1.82. The molecule has 1 aliphatic carbocycles. The molecule has 0 bridgehead atoms. The van der Waals surface area contributed by atoms with Gasteiger partial charge in [0.05, 0.1) is 11.4 Å². The quantitative estimate of drug-likeness (QED) is 0.753. The number of nitrogens with one attached hydrogen (secondary N) is 1. The van der Waals surface area contributed by atoms with Crippen molar-refractivity contribution in [1.82, 2.24) is 15.1 Å². The molecule has 5 heteroatoms. The minimum absolute atomic E-state index is 0.675. The second-order valence-electron chi connectivity index (χ2n) is 6.59. The molecule has 0 saturated carbocycles. The number of fused-ring (bicyclic) bond motifs is 1. The smallest absolute Gasteiger partial charge is 0.222 e. The maximum absolute atomic E-state index is 5.35. The van der Waals surface area contributed by atoms with Crippen molar-refractivity contribution in [1.29, 1.82) is 0 Å². The first kappa shape index (κ1) is 16.5. The van der Waals surface area contributed by atoms with Crippen LogP contribution in [0.3, 0.4) is 0 Å². The molecule has 0 saturated heterocycles. The molecule has 4 rings (SSSR count). The van der Waals surface area contributed by atoms with E-state index in [0.29, 0.717) is 5.95 Å². The van der Waals surface area contributed by atoms with Crippen molar-refractivity contribution in [3.8, 4) is 11.1 Å². The van der Waals surface area contributed by atoms with Gasteiger partial charge in [0.25, 0.3) is 0 Å². The summed E-state index contributed by atoms with van der Waals surface area (Å²) in [5.41, 5.74) is 7.71. The van der Waals surface area contributed by atoms with E-state index in [9.17, 15) is 0 Å². The molecule has 0 amide bonds. The zero-order valence-electron chi connectivity index (χ0n) is 15.3. The van der Waals surface area contributed by atoms with Crippen LogP contribution >= 0.6 is 0 Å². The third-order valence-corrected chi connectivity index (χ3v) is 4.84. The van der Waals surface area contributed by atoms with Crippen LogP contribution in [0.1, 0.15) is 41.1 Å². The normalized spacial score (nSPS) is 13.7. The van der Waals surface area contributed by atoms with Gasteiger partial charge in [0.1, 0.15) is 5.76 Å². The molecule has 0 unspecified atom stereocenters. The van der Waals surface area contributed by atoms with E-state index in [1.807, 2.05) is 27.1 Å². The number of allylic oxidation sites excluding steroid dienone is 1. The molecule has 0 aliphatic heterocycles. The zero-order valence-corrected chi connectivity index (χ0v) is 15.3. The molecule has 26 heavy (non-hydrogen) atoms. The van der Waals surface area contributed by atoms with Crippen LogP contribution < -0.4 is 5.32 Å². The Labute approximate surface area is 153 Å². The molecule has 2 aromatic heterocycles. The Morgan fingerprint density at radius 1 is 1.15 bits per heavy atom. The Hall–Kier alpha value is -2.95. The summed E-state index contributed by atoms with van der Waals surface area (Å²) < 4.78 is 5.35. The van der Waals surface area contributed by atoms with E-state index in [1.54, 1.807) is 0 Å². The maximum Gasteiger partial charge on any atom is 0.222 e. The van der Waals surface area contributed by atoms with Crippen molar-refractivity contribution in [2.45, 2.75) is 33.1 Å². The lowest BCUT2D eigenvalue weighted by atomic mass is 9.94. The van der Waals surface area contributed by atoms with Gasteiger partial charge >= 0.3 is 0 Å². The molecular weight excluding hydrogens is 324 g/mol. The first-order valence-electron chi connectivity index (χ1n) is 8.95. The van der Waals surface area contributed by atoms with Gasteiger partial charge in [-0.25, -0.2) is 9.97 Å². The fourth-order valence-corrected chi connectivity index (χ4v) is 3.59. The van der Waals surface area contributed by atoms with Gasteiger partial charge in [-0.2, -0.15) is 0 Å². The summed E-state index contributed by atoms with van der Waals surface area (Å²) in [6, 6.07) is 8.55. The molecule has 0 atom stereocenters. The van der Waals surface area contributed by atoms with Crippen molar-refractivity contribution >= 4 is 11.5 Å². The van der Waals surface area contributed by atoms with E-state index in [-0.39, 0.29) is 0 Å². The van der Waals surface area contributed by atoms with Crippen LogP contribution in [0.5, 0.6) is 0 Å². The van der Waals surface area contributed by atoms with E-state index in [0.717, 1.165) is 53.1 Å². The summed E-state index contributed by atoms with van der Waals surface area (Å²) in [5, 5.41) is 7.12. The first-order chi connectivity index (χ1) is 12.7. The van der Waals surface area contributed by atoms with Crippen LogP contribution in [0.2, 0.25) is 0 Å². The van der Waals surface area contributed by atoms with Gasteiger partial charge < -0.3 is 9.84 Å². The molecule has 0 spiro atoms.